The Labute approximate surface area is 183 Å². The minimum absolute atomic E-state index is 0.0103. The van der Waals surface area contributed by atoms with Crippen molar-refractivity contribution in [2.75, 3.05) is 14.2 Å². The number of ether oxygens (including phenoxy) is 3. The lowest BCUT2D eigenvalue weighted by atomic mass is 9.95. The van der Waals surface area contributed by atoms with Crippen LogP contribution in [-0.4, -0.2) is 32.1 Å². The average Bonchev–Trinajstić information content (AvgIpc) is 3.29. The van der Waals surface area contributed by atoms with Gasteiger partial charge in [0.15, 0.2) is 17.3 Å². The first-order valence-electron chi connectivity index (χ1n) is 10.5. The number of rotatable bonds is 7. The number of carbonyl (C=O) groups excluding carboxylic acids is 2. The van der Waals surface area contributed by atoms with E-state index in [1.807, 2.05) is 30.3 Å². The topological polar surface area (TPSA) is 61.8 Å². The summed E-state index contributed by atoms with van der Waals surface area (Å²) in [7, 11) is 2.99. The normalized spacial score (nSPS) is 14.3. The maximum Gasteiger partial charge on any atom is 0.307 e. The van der Waals surface area contributed by atoms with E-state index in [4.69, 9.17) is 14.2 Å². The van der Waals surface area contributed by atoms with Crippen LogP contribution < -0.4 is 9.47 Å². The molecule has 0 bridgehead atoms. The van der Waals surface area contributed by atoms with Gasteiger partial charge in [0, 0.05) is 11.1 Å². The summed E-state index contributed by atoms with van der Waals surface area (Å²) in [4.78, 5) is 23.5. The maximum absolute atomic E-state index is 12.0. The lowest BCUT2D eigenvalue weighted by Gasteiger charge is -2.18. The number of hydrogen-bond donors (Lipinski definition) is 0. The molecule has 0 amide bonds. The molecule has 0 heterocycles. The van der Waals surface area contributed by atoms with E-state index in [9.17, 15) is 9.59 Å². The molecule has 1 saturated carbocycles. The molecule has 1 aliphatic carbocycles. The number of benzene rings is 2. The predicted octanol–water partition coefficient (Wildman–Crippen LogP) is 4.92. The molecule has 0 N–H and O–H groups in total. The highest BCUT2D eigenvalue weighted by atomic mass is 16.5. The van der Waals surface area contributed by atoms with E-state index in [0.717, 1.165) is 24.0 Å². The van der Waals surface area contributed by atoms with E-state index in [0.29, 0.717) is 17.1 Å². The summed E-state index contributed by atoms with van der Waals surface area (Å²) in [6.45, 7) is 1.53. The van der Waals surface area contributed by atoms with E-state index < -0.39 is 0 Å². The molecule has 2 aromatic carbocycles. The molecular weight excluding hydrogens is 392 g/mol. The summed E-state index contributed by atoms with van der Waals surface area (Å²) < 4.78 is 16.5. The van der Waals surface area contributed by atoms with Gasteiger partial charge in [-0.1, -0.05) is 30.0 Å². The molecular formula is C26H28O5. The van der Waals surface area contributed by atoms with Crippen molar-refractivity contribution >= 4 is 11.8 Å². The standard InChI is InChI=1S/C26H28O5/c1-18(27)20-11-8-19(9-12-20)10-13-22(17-26(28)30-3)21-14-15-24(29-2)25(16-21)31-23-6-4-5-7-23/h8-9,11-12,14-16,22-23H,4-7,17H2,1-3H3/t22-/m0/s1. The molecule has 0 unspecified atom stereocenters. The molecule has 0 aliphatic heterocycles. The largest absolute Gasteiger partial charge is 0.493 e. The lowest BCUT2D eigenvalue weighted by Crippen LogP contribution is -2.12. The Balaban J connectivity index is 1.89. The van der Waals surface area contributed by atoms with E-state index in [-0.39, 0.29) is 30.2 Å². The van der Waals surface area contributed by atoms with Gasteiger partial charge < -0.3 is 14.2 Å². The third-order valence-corrected chi connectivity index (χ3v) is 5.47. The first-order valence-corrected chi connectivity index (χ1v) is 10.5. The Morgan fingerprint density at radius 2 is 1.74 bits per heavy atom. The van der Waals surface area contributed by atoms with Crippen molar-refractivity contribution in [3.8, 4) is 23.3 Å². The number of hydrogen-bond acceptors (Lipinski definition) is 5. The fraction of sp³-hybridized carbons (Fsp3) is 0.385. The zero-order valence-electron chi connectivity index (χ0n) is 18.3. The second-order valence-corrected chi connectivity index (χ2v) is 7.67. The van der Waals surface area contributed by atoms with Gasteiger partial charge in [-0.15, -0.1) is 0 Å². The van der Waals surface area contributed by atoms with Crippen molar-refractivity contribution in [3.63, 3.8) is 0 Å². The van der Waals surface area contributed by atoms with E-state index in [2.05, 4.69) is 11.8 Å². The van der Waals surface area contributed by atoms with E-state index >= 15 is 0 Å². The van der Waals surface area contributed by atoms with Crippen LogP contribution in [-0.2, 0) is 9.53 Å². The maximum atomic E-state index is 12.0. The first-order chi connectivity index (χ1) is 15.0. The predicted molar refractivity (Wildman–Crippen MR) is 119 cm³/mol. The van der Waals surface area contributed by atoms with Gasteiger partial charge in [0.25, 0.3) is 0 Å². The molecule has 3 rings (SSSR count). The van der Waals surface area contributed by atoms with Crippen LogP contribution in [0, 0.1) is 11.8 Å². The fourth-order valence-electron chi connectivity index (χ4n) is 3.65. The smallest absolute Gasteiger partial charge is 0.307 e. The molecule has 0 saturated heterocycles. The Bertz CT molecular complexity index is 975. The molecule has 0 spiro atoms. The SMILES string of the molecule is COC(=O)C[C@H](C#Cc1ccc(C(C)=O)cc1)c1ccc(OC)c(OC2CCCC2)c1. The highest BCUT2D eigenvalue weighted by Gasteiger charge is 2.21. The second kappa shape index (κ2) is 10.7. The molecule has 0 aromatic heterocycles. The lowest BCUT2D eigenvalue weighted by molar-refractivity contribution is -0.140. The van der Waals surface area contributed by atoms with Gasteiger partial charge in [0.05, 0.1) is 32.7 Å². The van der Waals surface area contributed by atoms with E-state index in [1.54, 1.807) is 19.2 Å². The summed E-state index contributed by atoms with van der Waals surface area (Å²) in [5, 5.41) is 0. The quantitative estimate of drug-likeness (QED) is 0.362. The van der Waals surface area contributed by atoms with E-state index in [1.165, 1.54) is 26.9 Å². The van der Waals surface area contributed by atoms with Crippen molar-refractivity contribution in [2.45, 2.75) is 51.0 Å². The summed E-state index contributed by atoms with van der Waals surface area (Å²) in [5.74, 6) is 6.97. The summed E-state index contributed by atoms with van der Waals surface area (Å²) in [5.41, 5.74) is 2.28. The zero-order valence-corrected chi connectivity index (χ0v) is 18.3. The van der Waals surface area contributed by atoms with Crippen molar-refractivity contribution in [3.05, 3.63) is 59.2 Å². The van der Waals surface area contributed by atoms with Crippen LogP contribution in [0.4, 0.5) is 0 Å². The molecule has 1 atom stereocenters. The molecule has 5 nitrogen and oxygen atoms in total. The van der Waals surface area contributed by atoms with Crippen molar-refractivity contribution in [1.29, 1.82) is 0 Å². The number of Topliss-reactive ketones (excluding diaryl/α,β-unsaturated/α-hetero) is 1. The summed E-state index contributed by atoms with van der Waals surface area (Å²) in [6.07, 6.45) is 4.74. The molecule has 5 heteroatoms. The highest BCUT2D eigenvalue weighted by Crippen LogP contribution is 2.35. The van der Waals surface area contributed by atoms with Gasteiger partial charge in [-0.2, -0.15) is 0 Å². The Hall–Kier alpha value is -3.26. The molecule has 1 fully saturated rings. The van der Waals surface area contributed by atoms with Crippen LogP contribution >= 0.6 is 0 Å². The number of esters is 1. The van der Waals surface area contributed by atoms with Crippen molar-refractivity contribution in [1.82, 2.24) is 0 Å². The van der Waals surface area contributed by atoms with Crippen LogP contribution in [0.15, 0.2) is 42.5 Å². The highest BCUT2D eigenvalue weighted by molar-refractivity contribution is 5.94. The minimum atomic E-state index is -0.364. The first kappa shape index (κ1) is 22.4. The molecule has 1 aliphatic rings. The summed E-state index contributed by atoms with van der Waals surface area (Å²) >= 11 is 0. The zero-order chi connectivity index (χ0) is 22.2. The molecule has 2 aromatic rings. The average molecular weight is 421 g/mol. The molecule has 162 valence electrons. The van der Waals surface area contributed by atoms with Gasteiger partial charge in [-0.3, -0.25) is 9.59 Å². The Morgan fingerprint density at radius 1 is 1.03 bits per heavy atom. The number of ketones is 1. The van der Waals surface area contributed by atoms with Gasteiger partial charge in [-0.25, -0.2) is 0 Å². The van der Waals surface area contributed by atoms with Gasteiger partial charge in [0.2, 0.25) is 0 Å². The van der Waals surface area contributed by atoms with Crippen molar-refractivity contribution < 1.29 is 23.8 Å². The van der Waals surface area contributed by atoms with Gasteiger partial charge >= 0.3 is 5.97 Å². The third kappa shape index (κ3) is 6.11. The monoisotopic (exact) mass is 420 g/mol. The molecule has 31 heavy (non-hydrogen) atoms. The van der Waals surface area contributed by atoms with Crippen LogP contribution in [0.5, 0.6) is 11.5 Å². The van der Waals surface area contributed by atoms with Crippen LogP contribution in [0.25, 0.3) is 0 Å². The minimum Gasteiger partial charge on any atom is -0.493 e. The summed E-state index contributed by atoms with van der Waals surface area (Å²) in [6, 6.07) is 12.8. The molecule has 0 radical (unpaired) electrons. The Kier molecular flexibility index (Phi) is 7.72. The van der Waals surface area contributed by atoms with Crippen molar-refractivity contribution in [2.24, 2.45) is 0 Å². The third-order valence-electron chi connectivity index (χ3n) is 5.47. The van der Waals surface area contributed by atoms with Gasteiger partial charge in [-0.05, 0) is 62.4 Å². The van der Waals surface area contributed by atoms with Crippen LogP contribution in [0.1, 0.15) is 66.4 Å². The second-order valence-electron chi connectivity index (χ2n) is 7.67. The van der Waals surface area contributed by atoms with Gasteiger partial charge in [0.1, 0.15) is 0 Å². The van der Waals surface area contributed by atoms with Crippen LogP contribution in [0.3, 0.4) is 0 Å². The fourth-order valence-corrected chi connectivity index (χ4v) is 3.65. The number of methoxy groups -OCH3 is 2. The van der Waals surface area contributed by atoms with Crippen LogP contribution in [0.2, 0.25) is 0 Å². The Morgan fingerprint density at radius 3 is 2.35 bits per heavy atom. The number of carbonyl (C=O) groups is 2.